The van der Waals surface area contributed by atoms with E-state index in [1.807, 2.05) is 6.92 Å². The maximum atomic E-state index is 11.8. The third-order valence-corrected chi connectivity index (χ3v) is 3.93. The molecule has 0 spiro atoms. The van der Waals surface area contributed by atoms with Gasteiger partial charge in [0.25, 0.3) is 0 Å². The van der Waals surface area contributed by atoms with Gasteiger partial charge in [0, 0.05) is 6.61 Å². The molecule has 118 valence electrons. The Bertz CT molecular complexity index is 262. The van der Waals surface area contributed by atoms with Crippen molar-refractivity contribution >= 4 is 5.97 Å². The van der Waals surface area contributed by atoms with E-state index >= 15 is 0 Å². The third-order valence-electron chi connectivity index (χ3n) is 3.93. The summed E-state index contributed by atoms with van der Waals surface area (Å²) >= 11 is 0. The Morgan fingerprint density at radius 2 is 1.95 bits per heavy atom. The molecule has 0 aliphatic heterocycles. The van der Waals surface area contributed by atoms with Crippen molar-refractivity contribution in [2.75, 3.05) is 19.8 Å². The Labute approximate surface area is 123 Å². The largest absolute Gasteiger partial charge is 0.465 e. The van der Waals surface area contributed by atoms with Crippen molar-refractivity contribution < 1.29 is 14.3 Å². The molecule has 1 N–H and O–H groups in total. The normalized spacial score (nSPS) is 24.4. The molecule has 0 aromatic heterocycles. The molecule has 0 saturated heterocycles. The molecule has 0 amide bonds. The first-order valence-corrected chi connectivity index (χ1v) is 8.19. The number of hydrogen-bond acceptors (Lipinski definition) is 4. The van der Waals surface area contributed by atoms with Crippen molar-refractivity contribution in [1.29, 1.82) is 0 Å². The lowest BCUT2D eigenvalue weighted by molar-refractivity contribution is -0.146. The van der Waals surface area contributed by atoms with Crippen molar-refractivity contribution in [2.24, 2.45) is 5.92 Å². The summed E-state index contributed by atoms with van der Waals surface area (Å²) in [5, 5.41) is 3.24. The predicted molar refractivity (Wildman–Crippen MR) is 80.7 cm³/mol. The van der Waals surface area contributed by atoms with E-state index in [0.717, 1.165) is 31.7 Å². The summed E-state index contributed by atoms with van der Waals surface area (Å²) in [6.07, 6.45) is 6.95. The van der Waals surface area contributed by atoms with Gasteiger partial charge in [0.2, 0.25) is 0 Å². The number of esters is 1. The highest BCUT2D eigenvalue weighted by Crippen LogP contribution is 2.25. The van der Waals surface area contributed by atoms with Gasteiger partial charge < -0.3 is 14.8 Å². The highest BCUT2D eigenvalue weighted by atomic mass is 16.5. The lowest BCUT2D eigenvalue weighted by Crippen LogP contribution is -2.39. The van der Waals surface area contributed by atoms with Crippen LogP contribution in [0.15, 0.2) is 0 Å². The van der Waals surface area contributed by atoms with Gasteiger partial charge in [-0.1, -0.05) is 13.8 Å². The van der Waals surface area contributed by atoms with E-state index in [0.29, 0.717) is 25.7 Å². The monoisotopic (exact) mass is 285 g/mol. The summed E-state index contributed by atoms with van der Waals surface area (Å²) in [5.74, 6) is 0.690. The van der Waals surface area contributed by atoms with E-state index in [2.05, 4.69) is 19.2 Å². The van der Waals surface area contributed by atoms with Crippen LogP contribution in [-0.2, 0) is 14.3 Å². The Hall–Kier alpha value is -0.610. The molecular weight excluding hydrogens is 254 g/mol. The number of rotatable bonds is 9. The average Bonchev–Trinajstić information content (AvgIpc) is 2.44. The number of hydrogen-bond donors (Lipinski definition) is 1. The van der Waals surface area contributed by atoms with Gasteiger partial charge in [-0.05, 0) is 57.9 Å². The Kier molecular flexibility index (Phi) is 8.86. The molecule has 1 aliphatic carbocycles. The fourth-order valence-corrected chi connectivity index (χ4v) is 2.61. The molecule has 4 nitrogen and oxygen atoms in total. The molecule has 20 heavy (non-hydrogen) atoms. The van der Waals surface area contributed by atoms with Gasteiger partial charge >= 0.3 is 5.97 Å². The average molecular weight is 285 g/mol. The molecule has 1 fully saturated rings. The van der Waals surface area contributed by atoms with Gasteiger partial charge in [-0.3, -0.25) is 4.79 Å². The van der Waals surface area contributed by atoms with Crippen molar-refractivity contribution in [3.05, 3.63) is 0 Å². The second-order valence-electron chi connectivity index (χ2n) is 5.80. The lowest BCUT2D eigenvalue weighted by atomic mass is 9.89. The minimum atomic E-state index is -0.225. The van der Waals surface area contributed by atoms with Crippen LogP contribution in [0, 0.1) is 5.92 Å². The van der Waals surface area contributed by atoms with Crippen LogP contribution in [0.25, 0.3) is 0 Å². The second-order valence-corrected chi connectivity index (χ2v) is 5.80. The van der Waals surface area contributed by atoms with Crippen LogP contribution in [0.3, 0.4) is 0 Å². The molecule has 1 atom stereocenters. The molecule has 1 unspecified atom stereocenters. The summed E-state index contributed by atoms with van der Waals surface area (Å²) in [4.78, 5) is 11.8. The van der Waals surface area contributed by atoms with E-state index in [1.54, 1.807) is 0 Å². The van der Waals surface area contributed by atoms with Crippen molar-refractivity contribution in [2.45, 2.75) is 71.4 Å². The van der Waals surface area contributed by atoms with Crippen LogP contribution in [-0.4, -0.2) is 37.9 Å². The van der Waals surface area contributed by atoms with Crippen LogP contribution >= 0.6 is 0 Å². The summed E-state index contributed by atoms with van der Waals surface area (Å²) < 4.78 is 11.0. The van der Waals surface area contributed by atoms with E-state index in [4.69, 9.17) is 9.47 Å². The first-order valence-electron chi connectivity index (χ1n) is 8.19. The zero-order valence-corrected chi connectivity index (χ0v) is 13.3. The molecule has 1 saturated carbocycles. The van der Waals surface area contributed by atoms with Gasteiger partial charge in [-0.2, -0.15) is 0 Å². The molecule has 0 aromatic carbocycles. The minimum absolute atomic E-state index is 0.151. The zero-order valence-electron chi connectivity index (χ0n) is 13.3. The molecule has 0 aromatic rings. The Morgan fingerprint density at radius 3 is 2.55 bits per heavy atom. The molecule has 1 rings (SSSR count). The quantitative estimate of drug-likeness (QED) is 0.662. The summed E-state index contributed by atoms with van der Waals surface area (Å²) in [7, 11) is 0. The van der Waals surface area contributed by atoms with E-state index < -0.39 is 0 Å². The molecular formula is C16H31NO3. The summed E-state index contributed by atoms with van der Waals surface area (Å²) in [6, 6.07) is -0.225. The first-order chi connectivity index (χ1) is 9.67. The molecule has 0 radical (unpaired) electrons. The highest BCUT2D eigenvalue weighted by Gasteiger charge is 2.21. The van der Waals surface area contributed by atoms with Crippen LogP contribution in [0.4, 0.5) is 0 Å². The lowest BCUT2D eigenvalue weighted by Gasteiger charge is -2.27. The maximum Gasteiger partial charge on any atom is 0.323 e. The SMILES string of the molecule is CCCNC(CCOC1CCC(C)CC1)C(=O)OCC. The van der Waals surface area contributed by atoms with E-state index in [1.165, 1.54) is 12.8 Å². The Balaban J connectivity index is 2.24. The van der Waals surface area contributed by atoms with Crippen LogP contribution < -0.4 is 5.32 Å². The van der Waals surface area contributed by atoms with Crippen LogP contribution in [0.5, 0.6) is 0 Å². The van der Waals surface area contributed by atoms with Crippen molar-refractivity contribution in [1.82, 2.24) is 5.32 Å². The van der Waals surface area contributed by atoms with Gasteiger partial charge in [0.05, 0.1) is 12.7 Å². The van der Waals surface area contributed by atoms with E-state index in [9.17, 15) is 4.79 Å². The second kappa shape index (κ2) is 10.2. The number of ether oxygens (including phenoxy) is 2. The summed E-state index contributed by atoms with van der Waals surface area (Å²) in [5.41, 5.74) is 0. The van der Waals surface area contributed by atoms with E-state index in [-0.39, 0.29) is 12.0 Å². The minimum Gasteiger partial charge on any atom is -0.465 e. The van der Waals surface area contributed by atoms with Gasteiger partial charge in [-0.25, -0.2) is 0 Å². The first kappa shape index (κ1) is 17.4. The third kappa shape index (κ3) is 6.71. The fourth-order valence-electron chi connectivity index (χ4n) is 2.61. The Morgan fingerprint density at radius 1 is 1.25 bits per heavy atom. The molecule has 0 bridgehead atoms. The number of nitrogens with one attached hydrogen (secondary N) is 1. The van der Waals surface area contributed by atoms with Crippen molar-refractivity contribution in [3.63, 3.8) is 0 Å². The molecule has 1 aliphatic rings. The highest BCUT2D eigenvalue weighted by molar-refractivity contribution is 5.75. The van der Waals surface area contributed by atoms with Crippen LogP contribution in [0.1, 0.15) is 59.3 Å². The number of carbonyl (C=O) groups is 1. The fraction of sp³-hybridized carbons (Fsp3) is 0.938. The van der Waals surface area contributed by atoms with Crippen molar-refractivity contribution in [3.8, 4) is 0 Å². The van der Waals surface area contributed by atoms with Gasteiger partial charge in [0.15, 0.2) is 0 Å². The van der Waals surface area contributed by atoms with Crippen LogP contribution in [0.2, 0.25) is 0 Å². The topological polar surface area (TPSA) is 47.6 Å². The summed E-state index contributed by atoms with van der Waals surface area (Å²) in [6.45, 7) is 8.15. The standard InChI is InChI=1S/C16H31NO3/c1-4-11-17-15(16(18)19-5-2)10-12-20-14-8-6-13(3)7-9-14/h13-15,17H,4-12H2,1-3H3. The maximum absolute atomic E-state index is 11.8. The molecule has 0 heterocycles. The zero-order chi connectivity index (χ0) is 14.8. The predicted octanol–water partition coefficient (Wildman–Crippen LogP) is 2.90. The van der Waals surface area contributed by atoms with Gasteiger partial charge in [-0.15, -0.1) is 0 Å². The number of carbonyl (C=O) groups excluding carboxylic acids is 1. The smallest absolute Gasteiger partial charge is 0.323 e. The molecule has 4 heteroatoms. The van der Waals surface area contributed by atoms with Gasteiger partial charge in [0.1, 0.15) is 6.04 Å².